The predicted molar refractivity (Wildman–Crippen MR) is 142 cm³/mol. The Labute approximate surface area is 237 Å². The molecule has 0 aromatic heterocycles. The van der Waals surface area contributed by atoms with Gasteiger partial charge in [-0.05, 0) is 18.6 Å². The number of nitrogens with one attached hydrogen (secondary N) is 2. The van der Waals surface area contributed by atoms with Gasteiger partial charge in [0.05, 0.1) is 90.7 Å². The molecule has 0 radical (unpaired) electrons. The molecule has 2 N–H and O–H groups in total. The highest BCUT2D eigenvalue weighted by molar-refractivity contribution is 6.25. The molecule has 3 rings (SSSR count). The van der Waals surface area contributed by atoms with Crippen molar-refractivity contribution in [2.24, 2.45) is 0 Å². The number of carbonyl (C=O) groups is 5. The first-order chi connectivity index (χ1) is 19.9. The lowest BCUT2D eigenvalue weighted by atomic mass is 10.0. The van der Waals surface area contributed by atoms with Crippen LogP contribution in [0.4, 0.5) is 5.69 Å². The fourth-order valence-electron chi connectivity index (χ4n) is 4.16. The minimum atomic E-state index is -1.01. The first-order valence-electron chi connectivity index (χ1n) is 13.5. The Morgan fingerprint density at radius 3 is 2.02 bits per heavy atom. The molecule has 4 amide bonds. The van der Waals surface area contributed by atoms with Crippen molar-refractivity contribution >= 4 is 35.3 Å². The molecule has 2 heterocycles. The summed E-state index contributed by atoms with van der Waals surface area (Å²) in [5.74, 6) is -2.48. The third-order valence-corrected chi connectivity index (χ3v) is 6.20. The zero-order valence-electron chi connectivity index (χ0n) is 23.1. The molecule has 0 spiro atoms. The van der Waals surface area contributed by atoms with Gasteiger partial charge in [0.1, 0.15) is 6.04 Å². The van der Waals surface area contributed by atoms with Gasteiger partial charge in [-0.1, -0.05) is 6.07 Å². The molecule has 14 heteroatoms. The van der Waals surface area contributed by atoms with Gasteiger partial charge < -0.3 is 33.7 Å². The Kier molecular flexibility index (Phi) is 13.6. The number of nitrogens with zero attached hydrogens (tertiary/aromatic N) is 1. The van der Waals surface area contributed by atoms with E-state index in [1.807, 2.05) is 0 Å². The summed E-state index contributed by atoms with van der Waals surface area (Å²) in [7, 11) is 1.33. The van der Waals surface area contributed by atoms with Crippen LogP contribution in [0, 0.1) is 0 Å². The molecule has 0 saturated carbocycles. The molecule has 2 aliphatic heterocycles. The monoisotopic (exact) mass is 579 g/mol. The Morgan fingerprint density at radius 1 is 0.854 bits per heavy atom. The van der Waals surface area contributed by atoms with Crippen molar-refractivity contribution in [1.29, 1.82) is 0 Å². The number of esters is 1. The fourth-order valence-corrected chi connectivity index (χ4v) is 4.16. The lowest BCUT2D eigenvalue weighted by Crippen LogP contribution is -2.54. The van der Waals surface area contributed by atoms with Crippen molar-refractivity contribution in [3.63, 3.8) is 0 Å². The number of hydrogen-bond donors (Lipinski definition) is 2. The number of piperidine rings is 1. The molecular formula is C27H37N3O11. The van der Waals surface area contributed by atoms with Crippen molar-refractivity contribution in [2.75, 3.05) is 85.0 Å². The Hall–Kier alpha value is -3.43. The number of imide groups is 2. The summed E-state index contributed by atoms with van der Waals surface area (Å²) in [5, 5.41) is 5.30. The summed E-state index contributed by atoms with van der Waals surface area (Å²) in [4.78, 5) is 61.5. The number of fused-ring (bicyclic) bond motifs is 1. The Bertz CT molecular complexity index is 1060. The van der Waals surface area contributed by atoms with Crippen LogP contribution in [0.1, 0.15) is 40.0 Å². The van der Waals surface area contributed by atoms with Crippen molar-refractivity contribution in [3.8, 4) is 0 Å². The number of carbonyl (C=O) groups excluding carboxylic acids is 5. The van der Waals surface area contributed by atoms with Gasteiger partial charge in [-0.25, -0.2) is 0 Å². The van der Waals surface area contributed by atoms with Crippen LogP contribution >= 0.6 is 0 Å². The summed E-state index contributed by atoms with van der Waals surface area (Å²) in [6.07, 6.45) is 0.390. The van der Waals surface area contributed by atoms with Gasteiger partial charge in [0.15, 0.2) is 0 Å². The Morgan fingerprint density at radius 2 is 1.44 bits per heavy atom. The van der Waals surface area contributed by atoms with Crippen LogP contribution < -0.4 is 10.6 Å². The third-order valence-electron chi connectivity index (χ3n) is 6.20. The number of methoxy groups -OCH3 is 1. The molecule has 1 atom stereocenters. The number of amides is 4. The SMILES string of the molecule is COC(=O)CCOCCOCCOCCOCCOCCNc1cccc2c1C(=O)N(C1CCC(=O)NC1=O)C2=O. The zero-order valence-corrected chi connectivity index (χ0v) is 23.1. The summed E-state index contributed by atoms with van der Waals surface area (Å²) in [6, 6.07) is 3.89. The second-order valence-electron chi connectivity index (χ2n) is 8.99. The van der Waals surface area contributed by atoms with Crippen LogP contribution in [0.25, 0.3) is 0 Å². The highest BCUT2D eigenvalue weighted by Crippen LogP contribution is 2.32. The third kappa shape index (κ3) is 9.86. The molecule has 14 nitrogen and oxygen atoms in total. The van der Waals surface area contributed by atoms with Gasteiger partial charge >= 0.3 is 5.97 Å². The first kappa shape index (κ1) is 32.1. The van der Waals surface area contributed by atoms with E-state index in [0.29, 0.717) is 78.3 Å². The van der Waals surface area contributed by atoms with Crippen LogP contribution in [0.2, 0.25) is 0 Å². The molecule has 0 bridgehead atoms. The molecule has 1 unspecified atom stereocenters. The summed E-state index contributed by atoms with van der Waals surface area (Å²) >= 11 is 0. The van der Waals surface area contributed by atoms with Crippen molar-refractivity contribution in [2.45, 2.75) is 25.3 Å². The van der Waals surface area contributed by atoms with E-state index in [1.54, 1.807) is 18.2 Å². The largest absolute Gasteiger partial charge is 0.469 e. The number of rotatable bonds is 20. The maximum absolute atomic E-state index is 13.1. The molecule has 1 fully saturated rings. The molecule has 0 aliphatic carbocycles. The van der Waals surface area contributed by atoms with Gasteiger partial charge in [-0.2, -0.15) is 0 Å². The zero-order chi connectivity index (χ0) is 29.5. The average Bonchev–Trinajstić information content (AvgIpc) is 3.22. The highest BCUT2D eigenvalue weighted by atomic mass is 16.6. The maximum atomic E-state index is 13.1. The predicted octanol–water partition coefficient (Wildman–Crippen LogP) is 0.146. The van der Waals surface area contributed by atoms with Gasteiger partial charge in [0, 0.05) is 18.7 Å². The number of ether oxygens (including phenoxy) is 6. The van der Waals surface area contributed by atoms with Gasteiger partial charge in [-0.3, -0.25) is 34.2 Å². The Balaban J connectivity index is 1.20. The minimum absolute atomic E-state index is 0.0664. The van der Waals surface area contributed by atoms with E-state index < -0.39 is 29.7 Å². The molecule has 41 heavy (non-hydrogen) atoms. The van der Waals surface area contributed by atoms with Crippen LogP contribution in [-0.4, -0.2) is 120 Å². The maximum Gasteiger partial charge on any atom is 0.307 e. The molecule has 1 saturated heterocycles. The van der Waals surface area contributed by atoms with Crippen molar-refractivity contribution in [3.05, 3.63) is 29.3 Å². The van der Waals surface area contributed by atoms with E-state index >= 15 is 0 Å². The molecular weight excluding hydrogens is 542 g/mol. The summed E-state index contributed by atoms with van der Waals surface area (Å²) in [5.41, 5.74) is 0.900. The quantitative estimate of drug-likeness (QED) is 0.122. The van der Waals surface area contributed by atoms with E-state index in [4.69, 9.17) is 23.7 Å². The van der Waals surface area contributed by atoms with Gasteiger partial charge in [0.25, 0.3) is 11.8 Å². The second kappa shape index (κ2) is 17.4. The number of hydrogen-bond acceptors (Lipinski definition) is 12. The van der Waals surface area contributed by atoms with Crippen LogP contribution in [0.5, 0.6) is 0 Å². The molecule has 1 aromatic carbocycles. The van der Waals surface area contributed by atoms with Crippen molar-refractivity contribution < 1.29 is 52.4 Å². The molecule has 226 valence electrons. The highest BCUT2D eigenvalue weighted by Gasteiger charge is 2.45. The van der Waals surface area contributed by atoms with E-state index in [-0.39, 0.29) is 36.4 Å². The van der Waals surface area contributed by atoms with Crippen LogP contribution in [0.15, 0.2) is 18.2 Å². The summed E-state index contributed by atoms with van der Waals surface area (Å²) < 4.78 is 31.5. The van der Waals surface area contributed by atoms with E-state index in [0.717, 1.165) is 4.90 Å². The van der Waals surface area contributed by atoms with Gasteiger partial charge in [0.2, 0.25) is 11.8 Å². The number of benzene rings is 1. The molecule has 1 aromatic rings. The lowest BCUT2D eigenvalue weighted by molar-refractivity contribution is -0.142. The molecule has 2 aliphatic rings. The number of anilines is 1. The average molecular weight is 580 g/mol. The van der Waals surface area contributed by atoms with E-state index in [1.165, 1.54) is 7.11 Å². The van der Waals surface area contributed by atoms with Gasteiger partial charge in [-0.15, -0.1) is 0 Å². The standard InChI is InChI=1S/C27H37N3O11/c1-36-23(32)7-9-37-11-13-39-15-17-41-18-16-40-14-12-38-10-8-28-20-4-2-3-19-24(20)27(35)30(26(19)34)21-5-6-22(31)29-25(21)33/h2-4,21,28H,5-18H2,1H3,(H,29,31,33). The van der Waals surface area contributed by atoms with Crippen LogP contribution in [0.3, 0.4) is 0 Å². The van der Waals surface area contributed by atoms with E-state index in [2.05, 4.69) is 15.4 Å². The smallest absolute Gasteiger partial charge is 0.307 e. The second-order valence-corrected chi connectivity index (χ2v) is 8.99. The first-order valence-corrected chi connectivity index (χ1v) is 13.5. The lowest BCUT2D eigenvalue weighted by Gasteiger charge is -2.27. The van der Waals surface area contributed by atoms with Crippen molar-refractivity contribution in [1.82, 2.24) is 10.2 Å². The van der Waals surface area contributed by atoms with Crippen LogP contribution in [-0.2, 0) is 42.8 Å². The minimum Gasteiger partial charge on any atom is -0.469 e. The fraction of sp³-hybridized carbons (Fsp3) is 0.593. The van der Waals surface area contributed by atoms with E-state index in [9.17, 15) is 24.0 Å². The summed E-state index contributed by atoms with van der Waals surface area (Å²) in [6.45, 7) is 4.27. The topological polar surface area (TPSA) is 168 Å². The normalized spacial score (nSPS) is 16.6.